The van der Waals surface area contributed by atoms with Gasteiger partial charge in [0.2, 0.25) is 0 Å². The Kier molecular flexibility index (Phi) is 6.25. The molecule has 0 bridgehead atoms. The SMILES string of the molecule is C=CCC(C)C/C=C/CC. The molecule has 0 radical (unpaired) electrons. The minimum Gasteiger partial charge on any atom is -0.103 e. The van der Waals surface area contributed by atoms with E-state index in [-0.39, 0.29) is 0 Å². The molecule has 58 valence electrons. The van der Waals surface area contributed by atoms with Gasteiger partial charge < -0.3 is 0 Å². The van der Waals surface area contributed by atoms with Crippen LogP contribution in [0.1, 0.15) is 33.1 Å². The number of hydrogen-bond acceptors (Lipinski definition) is 0. The molecular formula is C10H18. The van der Waals surface area contributed by atoms with Crippen LogP contribution in [-0.4, -0.2) is 0 Å². The van der Waals surface area contributed by atoms with E-state index in [4.69, 9.17) is 0 Å². The predicted molar refractivity (Wildman–Crippen MR) is 48.0 cm³/mol. The van der Waals surface area contributed by atoms with Gasteiger partial charge in [0.1, 0.15) is 0 Å². The molecule has 0 aliphatic heterocycles. The minimum atomic E-state index is 0.764. The molecule has 1 atom stereocenters. The summed E-state index contributed by atoms with van der Waals surface area (Å²) in [4.78, 5) is 0. The van der Waals surface area contributed by atoms with Crippen molar-refractivity contribution in [2.24, 2.45) is 5.92 Å². The molecule has 0 aliphatic rings. The van der Waals surface area contributed by atoms with Gasteiger partial charge in [-0.3, -0.25) is 0 Å². The van der Waals surface area contributed by atoms with Crippen molar-refractivity contribution < 1.29 is 0 Å². The van der Waals surface area contributed by atoms with Crippen LogP contribution in [0.25, 0.3) is 0 Å². The van der Waals surface area contributed by atoms with Crippen LogP contribution in [0.3, 0.4) is 0 Å². The fraction of sp³-hybridized carbons (Fsp3) is 0.600. The second-order valence-electron chi connectivity index (χ2n) is 2.74. The standard InChI is InChI=1S/C10H18/c1-4-6-7-9-10(3)8-5-2/h5-7,10H,2,4,8-9H2,1,3H3/b7-6+. The molecule has 0 nitrogen and oxygen atoms in total. The van der Waals surface area contributed by atoms with E-state index in [2.05, 4.69) is 32.6 Å². The molecule has 10 heavy (non-hydrogen) atoms. The fourth-order valence-corrected chi connectivity index (χ4v) is 0.876. The predicted octanol–water partition coefficient (Wildman–Crippen LogP) is 3.55. The highest BCUT2D eigenvalue weighted by Gasteiger charge is 1.93. The van der Waals surface area contributed by atoms with Gasteiger partial charge in [-0.25, -0.2) is 0 Å². The maximum absolute atomic E-state index is 3.70. The van der Waals surface area contributed by atoms with Crippen molar-refractivity contribution in [2.45, 2.75) is 33.1 Å². The van der Waals surface area contributed by atoms with Gasteiger partial charge in [0.05, 0.1) is 0 Å². The molecule has 0 saturated carbocycles. The number of allylic oxidation sites excluding steroid dienone is 3. The van der Waals surface area contributed by atoms with Crippen LogP contribution in [0.2, 0.25) is 0 Å². The first kappa shape index (κ1) is 9.48. The zero-order valence-corrected chi connectivity index (χ0v) is 7.14. The van der Waals surface area contributed by atoms with E-state index in [1.165, 1.54) is 6.42 Å². The summed E-state index contributed by atoms with van der Waals surface area (Å²) in [5.74, 6) is 0.764. The monoisotopic (exact) mass is 138 g/mol. The van der Waals surface area contributed by atoms with Gasteiger partial charge in [-0.05, 0) is 25.2 Å². The lowest BCUT2D eigenvalue weighted by molar-refractivity contribution is 0.603. The summed E-state index contributed by atoms with van der Waals surface area (Å²) in [6.45, 7) is 8.12. The highest BCUT2D eigenvalue weighted by molar-refractivity contribution is 4.83. The molecule has 0 N–H and O–H groups in total. The van der Waals surface area contributed by atoms with Crippen molar-refractivity contribution in [3.05, 3.63) is 24.8 Å². The Morgan fingerprint density at radius 1 is 1.30 bits per heavy atom. The Hall–Kier alpha value is -0.520. The third-order valence-electron chi connectivity index (χ3n) is 1.51. The lowest BCUT2D eigenvalue weighted by Gasteiger charge is -2.02. The van der Waals surface area contributed by atoms with Crippen LogP contribution in [0, 0.1) is 5.92 Å². The topological polar surface area (TPSA) is 0 Å². The van der Waals surface area contributed by atoms with Crippen LogP contribution in [0.15, 0.2) is 24.8 Å². The third kappa shape index (κ3) is 5.61. The highest BCUT2D eigenvalue weighted by atomic mass is 14.0. The van der Waals surface area contributed by atoms with Crippen LogP contribution in [0.4, 0.5) is 0 Å². The second kappa shape index (κ2) is 6.60. The summed E-state index contributed by atoms with van der Waals surface area (Å²) in [7, 11) is 0. The van der Waals surface area contributed by atoms with Gasteiger partial charge in [-0.1, -0.05) is 32.1 Å². The average molecular weight is 138 g/mol. The maximum Gasteiger partial charge on any atom is -0.0322 e. The quantitative estimate of drug-likeness (QED) is 0.510. The normalized spacial score (nSPS) is 13.8. The molecule has 0 aromatic carbocycles. The van der Waals surface area contributed by atoms with Gasteiger partial charge in [-0.15, -0.1) is 6.58 Å². The first-order chi connectivity index (χ1) is 4.81. The third-order valence-corrected chi connectivity index (χ3v) is 1.51. The summed E-state index contributed by atoms with van der Waals surface area (Å²) < 4.78 is 0. The molecule has 0 aromatic heterocycles. The summed E-state index contributed by atoms with van der Waals surface area (Å²) in [5.41, 5.74) is 0. The molecule has 0 saturated heterocycles. The molecule has 0 amide bonds. The van der Waals surface area contributed by atoms with E-state index in [0.717, 1.165) is 18.8 Å². The fourth-order valence-electron chi connectivity index (χ4n) is 0.876. The van der Waals surface area contributed by atoms with Gasteiger partial charge in [0.15, 0.2) is 0 Å². The van der Waals surface area contributed by atoms with E-state index in [1.807, 2.05) is 6.08 Å². The van der Waals surface area contributed by atoms with Gasteiger partial charge in [0.25, 0.3) is 0 Å². The largest absolute Gasteiger partial charge is 0.103 e. The molecule has 0 rings (SSSR count). The van der Waals surface area contributed by atoms with E-state index >= 15 is 0 Å². The first-order valence-corrected chi connectivity index (χ1v) is 4.07. The van der Waals surface area contributed by atoms with Crippen molar-refractivity contribution >= 4 is 0 Å². The van der Waals surface area contributed by atoms with Gasteiger partial charge in [0, 0.05) is 0 Å². The molecular weight excluding hydrogens is 120 g/mol. The van der Waals surface area contributed by atoms with Crippen molar-refractivity contribution in [1.29, 1.82) is 0 Å². The smallest absolute Gasteiger partial charge is 0.0322 e. The van der Waals surface area contributed by atoms with Crippen molar-refractivity contribution in [3.63, 3.8) is 0 Å². The summed E-state index contributed by atoms with van der Waals surface area (Å²) in [6, 6.07) is 0. The Balaban J connectivity index is 3.28. The molecule has 0 aromatic rings. The van der Waals surface area contributed by atoms with Crippen LogP contribution < -0.4 is 0 Å². The number of hydrogen-bond donors (Lipinski definition) is 0. The maximum atomic E-state index is 3.70. The molecule has 0 heterocycles. The molecule has 0 aliphatic carbocycles. The lowest BCUT2D eigenvalue weighted by Crippen LogP contribution is -1.88. The van der Waals surface area contributed by atoms with Gasteiger partial charge in [-0.2, -0.15) is 0 Å². The van der Waals surface area contributed by atoms with E-state index in [9.17, 15) is 0 Å². The van der Waals surface area contributed by atoms with Crippen molar-refractivity contribution in [1.82, 2.24) is 0 Å². The lowest BCUT2D eigenvalue weighted by atomic mass is 10.0. The molecule has 0 heteroatoms. The Labute approximate surface area is 64.6 Å². The summed E-state index contributed by atoms with van der Waals surface area (Å²) >= 11 is 0. The summed E-state index contributed by atoms with van der Waals surface area (Å²) in [5, 5.41) is 0. The van der Waals surface area contributed by atoms with E-state index in [1.54, 1.807) is 0 Å². The second-order valence-corrected chi connectivity index (χ2v) is 2.74. The Morgan fingerprint density at radius 2 is 2.00 bits per heavy atom. The highest BCUT2D eigenvalue weighted by Crippen LogP contribution is 2.07. The Bertz CT molecular complexity index is 101. The van der Waals surface area contributed by atoms with Crippen LogP contribution in [0.5, 0.6) is 0 Å². The molecule has 0 fully saturated rings. The first-order valence-electron chi connectivity index (χ1n) is 4.07. The van der Waals surface area contributed by atoms with E-state index < -0.39 is 0 Å². The van der Waals surface area contributed by atoms with Gasteiger partial charge >= 0.3 is 0 Å². The van der Waals surface area contributed by atoms with E-state index in [0.29, 0.717) is 0 Å². The minimum absolute atomic E-state index is 0.764. The van der Waals surface area contributed by atoms with Crippen molar-refractivity contribution in [3.8, 4) is 0 Å². The van der Waals surface area contributed by atoms with Crippen LogP contribution in [-0.2, 0) is 0 Å². The summed E-state index contributed by atoms with van der Waals surface area (Å²) in [6.07, 6.45) is 9.95. The molecule has 0 spiro atoms. The van der Waals surface area contributed by atoms with Crippen molar-refractivity contribution in [2.75, 3.05) is 0 Å². The van der Waals surface area contributed by atoms with Crippen LogP contribution >= 0.6 is 0 Å². The number of rotatable bonds is 5. The average Bonchev–Trinajstić information content (AvgIpc) is 1.89. The zero-order valence-electron chi connectivity index (χ0n) is 7.14. The molecule has 1 unspecified atom stereocenters. The Morgan fingerprint density at radius 3 is 2.50 bits per heavy atom. The zero-order chi connectivity index (χ0) is 7.82.